The molecular weight excluding hydrogens is 286 g/mol. The van der Waals surface area contributed by atoms with Crippen molar-refractivity contribution in [1.82, 2.24) is 35.7 Å². The van der Waals surface area contributed by atoms with Gasteiger partial charge in [0.2, 0.25) is 5.82 Å². The Morgan fingerprint density at radius 2 is 2.00 bits per heavy atom. The second-order valence-corrected chi connectivity index (χ2v) is 5.46. The summed E-state index contributed by atoms with van der Waals surface area (Å²) in [5, 5.41) is 25.5. The fourth-order valence-electron chi connectivity index (χ4n) is 1.77. The van der Waals surface area contributed by atoms with Crippen molar-refractivity contribution in [3.63, 3.8) is 0 Å². The van der Waals surface area contributed by atoms with E-state index in [2.05, 4.69) is 37.8 Å². The summed E-state index contributed by atoms with van der Waals surface area (Å²) in [5.74, 6) is 0.580. The molecule has 0 amide bonds. The molecular formula is C13H15N7S. The number of benzene rings is 1. The van der Waals surface area contributed by atoms with Crippen molar-refractivity contribution in [3.8, 4) is 16.5 Å². The highest BCUT2D eigenvalue weighted by Gasteiger charge is 2.11. The quantitative estimate of drug-likeness (QED) is 0.698. The van der Waals surface area contributed by atoms with E-state index in [1.165, 1.54) is 16.1 Å². The van der Waals surface area contributed by atoms with Gasteiger partial charge in [-0.25, -0.2) is 0 Å². The van der Waals surface area contributed by atoms with Gasteiger partial charge in [0.1, 0.15) is 5.01 Å². The third-order valence-electron chi connectivity index (χ3n) is 2.78. The third-order valence-corrected chi connectivity index (χ3v) is 3.67. The number of hydrogen-bond acceptors (Lipinski definition) is 7. The molecule has 0 saturated carbocycles. The van der Waals surface area contributed by atoms with Crippen molar-refractivity contribution in [1.29, 1.82) is 0 Å². The molecule has 0 aliphatic carbocycles. The standard InChI is InChI=1S/C13H15N7S/c1-2-8-14-9-11-15-17-13(21-11)20-18-12(16-19-20)10-6-4-3-5-7-10/h3-7,14H,2,8-9H2,1H3. The summed E-state index contributed by atoms with van der Waals surface area (Å²) < 4.78 is 0. The van der Waals surface area contributed by atoms with E-state index in [-0.39, 0.29) is 0 Å². The molecule has 3 aromatic rings. The zero-order valence-electron chi connectivity index (χ0n) is 11.6. The lowest BCUT2D eigenvalue weighted by Crippen LogP contribution is -2.13. The summed E-state index contributed by atoms with van der Waals surface area (Å²) in [6.07, 6.45) is 1.09. The molecule has 0 atom stereocenters. The van der Waals surface area contributed by atoms with Crippen LogP contribution >= 0.6 is 11.3 Å². The van der Waals surface area contributed by atoms with Gasteiger partial charge in [-0.15, -0.1) is 20.4 Å². The van der Waals surface area contributed by atoms with Crippen LogP contribution in [-0.4, -0.2) is 36.9 Å². The Balaban J connectivity index is 1.74. The van der Waals surface area contributed by atoms with Crippen LogP contribution in [0.4, 0.5) is 0 Å². The number of nitrogens with zero attached hydrogens (tertiary/aromatic N) is 6. The van der Waals surface area contributed by atoms with Crippen molar-refractivity contribution in [3.05, 3.63) is 35.3 Å². The summed E-state index contributed by atoms with van der Waals surface area (Å²) in [4.78, 5) is 1.42. The lowest BCUT2D eigenvalue weighted by Gasteiger charge is -1.96. The molecule has 8 heteroatoms. The Bertz CT molecular complexity index is 691. The first kappa shape index (κ1) is 13.8. The normalized spacial score (nSPS) is 10.9. The van der Waals surface area contributed by atoms with Crippen LogP contribution in [0.5, 0.6) is 0 Å². The maximum absolute atomic E-state index is 4.34. The predicted molar refractivity (Wildman–Crippen MR) is 80.1 cm³/mol. The zero-order valence-corrected chi connectivity index (χ0v) is 12.4. The highest BCUT2D eigenvalue weighted by atomic mass is 32.1. The molecule has 0 bridgehead atoms. The van der Waals surface area contributed by atoms with E-state index in [4.69, 9.17) is 0 Å². The number of aromatic nitrogens is 6. The minimum absolute atomic E-state index is 0.580. The molecule has 0 radical (unpaired) electrons. The lowest BCUT2D eigenvalue weighted by atomic mass is 10.2. The fraction of sp³-hybridized carbons (Fsp3) is 0.308. The molecule has 7 nitrogen and oxygen atoms in total. The van der Waals surface area contributed by atoms with Crippen LogP contribution in [0.2, 0.25) is 0 Å². The maximum Gasteiger partial charge on any atom is 0.253 e. The van der Waals surface area contributed by atoms with E-state index < -0.39 is 0 Å². The van der Waals surface area contributed by atoms with Crippen LogP contribution in [0.3, 0.4) is 0 Å². The summed E-state index contributed by atoms with van der Waals surface area (Å²) >= 11 is 1.46. The Morgan fingerprint density at radius 3 is 2.81 bits per heavy atom. The molecule has 1 aromatic carbocycles. The first-order valence-electron chi connectivity index (χ1n) is 6.75. The van der Waals surface area contributed by atoms with Gasteiger partial charge in [0.05, 0.1) is 0 Å². The highest BCUT2D eigenvalue weighted by molar-refractivity contribution is 7.13. The highest BCUT2D eigenvalue weighted by Crippen LogP contribution is 2.16. The van der Waals surface area contributed by atoms with E-state index >= 15 is 0 Å². The van der Waals surface area contributed by atoms with Crippen molar-refractivity contribution in [2.45, 2.75) is 19.9 Å². The Morgan fingerprint density at radius 1 is 1.14 bits per heavy atom. The zero-order chi connectivity index (χ0) is 14.5. The molecule has 108 valence electrons. The van der Waals surface area contributed by atoms with Gasteiger partial charge in [0.25, 0.3) is 5.13 Å². The second-order valence-electron chi connectivity index (χ2n) is 4.42. The first-order chi connectivity index (χ1) is 10.4. The molecule has 2 heterocycles. The number of tetrazole rings is 1. The summed E-state index contributed by atoms with van der Waals surface area (Å²) in [7, 11) is 0. The van der Waals surface area contributed by atoms with Crippen LogP contribution in [0.25, 0.3) is 16.5 Å². The van der Waals surface area contributed by atoms with Gasteiger partial charge in [-0.2, -0.15) is 0 Å². The first-order valence-corrected chi connectivity index (χ1v) is 7.57. The second kappa shape index (κ2) is 6.51. The minimum Gasteiger partial charge on any atom is -0.310 e. The topological polar surface area (TPSA) is 81.4 Å². The van der Waals surface area contributed by atoms with Gasteiger partial charge in [0, 0.05) is 12.1 Å². The molecule has 2 aromatic heterocycles. The van der Waals surface area contributed by atoms with Gasteiger partial charge in [-0.1, -0.05) is 53.4 Å². The Hall–Kier alpha value is -2.19. The van der Waals surface area contributed by atoms with E-state index in [1.807, 2.05) is 30.3 Å². The van der Waals surface area contributed by atoms with Crippen LogP contribution in [0, 0.1) is 0 Å². The molecule has 0 aliphatic heterocycles. The molecule has 1 N–H and O–H groups in total. The van der Waals surface area contributed by atoms with Gasteiger partial charge in [0.15, 0.2) is 0 Å². The van der Waals surface area contributed by atoms with E-state index in [9.17, 15) is 0 Å². The summed E-state index contributed by atoms with van der Waals surface area (Å²) in [6, 6.07) is 9.73. The monoisotopic (exact) mass is 301 g/mol. The van der Waals surface area contributed by atoms with Gasteiger partial charge in [-0.05, 0) is 18.2 Å². The van der Waals surface area contributed by atoms with E-state index in [1.54, 1.807) is 0 Å². The molecule has 0 spiro atoms. The van der Waals surface area contributed by atoms with Gasteiger partial charge >= 0.3 is 0 Å². The van der Waals surface area contributed by atoms with Crippen LogP contribution in [-0.2, 0) is 6.54 Å². The van der Waals surface area contributed by atoms with Crippen molar-refractivity contribution in [2.24, 2.45) is 0 Å². The van der Waals surface area contributed by atoms with Crippen LogP contribution in [0.15, 0.2) is 30.3 Å². The molecule has 0 aliphatic rings. The van der Waals surface area contributed by atoms with Gasteiger partial charge in [-0.3, -0.25) is 0 Å². The maximum atomic E-state index is 4.34. The van der Waals surface area contributed by atoms with Crippen LogP contribution in [0.1, 0.15) is 18.4 Å². The van der Waals surface area contributed by atoms with E-state index in [0.29, 0.717) is 17.5 Å². The predicted octanol–water partition coefficient (Wildman–Crippen LogP) is 1.68. The minimum atomic E-state index is 0.580. The van der Waals surface area contributed by atoms with Crippen molar-refractivity contribution >= 4 is 11.3 Å². The van der Waals surface area contributed by atoms with Crippen molar-refractivity contribution in [2.75, 3.05) is 6.54 Å². The van der Waals surface area contributed by atoms with E-state index in [0.717, 1.165) is 23.5 Å². The molecule has 0 fully saturated rings. The number of hydrogen-bond donors (Lipinski definition) is 1. The summed E-state index contributed by atoms with van der Waals surface area (Å²) in [6.45, 7) is 3.81. The molecule has 0 saturated heterocycles. The number of nitrogens with one attached hydrogen (secondary N) is 1. The SMILES string of the molecule is CCCNCc1nnc(-n2nnc(-c3ccccc3)n2)s1. The van der Waals surface area contributed by atoms with Crippen LogP contribution < -0.4 is 5.32 Å². The Kier molecular flexibility index (Phi) is 4.27. The molecule has 21 heavy (non-hydrogen) atoms. The fourth-order valence-corrected chi connectivity index (χ4v) is 2.47. The average molecular weight is 301 g/mol. The lowest BCUT2D eigenvalue weighted by molar-refractivity contribution is 0.665. The number of rotatable bonds is 6. The summed E-state index contributed by atoms with van der Waals surface area (Å²) in [5.41, 5.74) is 0.929. The molecule has 3 rings (SSSR count). The largest absolute Gasteiger partial charge is 0.310 e. The van der Waals surface area contributed by atoms with Gasteiger partial charge < -0.3 is 5.32 Å². The van der Waals surface area contributed by atoms with Crippen molar-refractivity contribution < 1.29 is 0 Å². The molecule has 0 unspecified atom stereocenters. The smallest absolute Gasteiger partial charge is 0.253 e. The Labute approximate surface area is 126 Å². The third kappa shape index (κ3) is 3.29. The average Bonchev–Trinajstić information content (AvgIpc) is 3.17.